The van der Waals surface area contributed by atoms with Gasteiger partial charge in [-0.15, -0.1) is 5.26 Å². The molecule has 9 nitrogen and oxygen atoms in total. The van der Waals surface area contributed by atoms with Crippen molar-refractivity contribution < 1.29 is 28.5 Å². The maximum Gasteiger partial charge on any atom is 0.328 e. The Hall–Kier alpha value is -5.23. The van der Waals surface area contributed by atoms with E-state index in [9.17, 15) is 9.59 Å². The summed E-state index contributed by atoms with van der Waals surface area (Å²) in [5, 5.41) is 8.57. The van der Waals surface area contributed by atoms with Gasteiger partial charge in [0.2, 0.25) is 5.88 Å². The van der Waals surface area contributed by atoms with Crippen molar-refractivity contribution in [3.05, 3.63) is 96.4 Å². The lowest BCUT2D eigenvalue weighted by molar-refractivity contribution is 0.111. The second-order valence-electron chi connectivity index (χ2n) is 6.76. The fourth-order valence-electron chi connectivity index (χ4n) is 2.63. The molecule has 0 saturated heterocycles. The molecule has 0 aromatic heterocycles. The van der Waals surface area contributed by atoms with Gasteiger partial charge in [-0.25, -0.2) is 0 Å². The third-order valence-corrected chi connectivity index (χ3v) is 4.20. The maximum atomic E-state index is 10.9. The summed E-state index contributed by atoms with van der Waals surface area (Å²) in [4.78, 5) is 30.2. The second kappa shape index (κ2) is 12.1. The second-order valence-corrected chi connectivity index (χ2v) is 6.76. The topological polar surface area (TPSA) is 120 Å². The van der Waals surface area contributed by atoms with Crippen LogP contribution in [0.4, 0.5) is 0 Å². The van der Waals surface area contributed by atoms with Crippen LogP contribution in [-0.4, -0.2) is 24.5 Å². The van der Waals surface area contributed by atoms with Gasteiger partial charge in [0, 0.05) is 18.1 Å². The minimum Gasteiger partial charge on any atom is -0.443 e. The van der Waals surface area contributed by atoms with E-state index in [2.05, 4.69) is 16.6 Å². The third kappa shape index (κ3) is 7.69. The summed E-state index contributed by atoms with van der Waals surface area (Å²) in [5.74, 6) is 1.73. The van der Waals surface area contributed by atoms with Gasteiger partial charge in [0.1, 0.15) is 35.6 Å². The first kappa shape index (κ1) is 24.4. The van der Waals surface area contributed by atoms with E-state index in [0.29, 0.717) is 40.4 Å². The monoisotopic (exact) mass is 469 g/mol. The number of aldehydes is 2. The van der Waals surface area contributed by atoms with Crippen LogP contribution >= 0.6 is 0 Å². The Labute approximate surface area is 201 Å². The average molecular weight is 469 g/mol. The molecule has 3 aromatic carbocycles. The van der Waals surface area contributed by atoms with Gasteiger partial charge in [0.05, 0.1) is 0 Å². The maximum absolute atomic E-state index is 10.9. The number of ether oxygens (including phenoxy) is 4. The number of hydrogen-bond acceptors (Lipinski definition) is 8. The molecule has 0 atom stereocenters. The summed E-state index contributed by atoms with van der Waals surface area (Å²) in [7, 11) is 0. The highest BCUT2D eigenvalue weighted by Gasteiger charge is 2.08. The van der Waals surface area contributed by atoms with Crippen LogP contribution in [0.1, 0.15) is 27.6 Å². The van der Waals surface area contributed by atoms with Gasteiger partial charge in [0.15, 0.2) is 5.90 Å². The van der Waals surface area contributed by atoms with Crippen LogP contribution in [0.3, 0.4) is 0 Å². The molecule has 3 aromatic rings. The van der Waals surface area contributed by atoms with Crippen molar-refractivity contribution in [2.45, 2.75) is 6.92 Å². The predicted molar refractivity (Wildman–Crippen MR) is 128 cm³/mol. The van der Waals surface area contributed by atoms with Crippen LogP contribution in [-0.2, 0) is 0 Å². The highest BCUT2D eigenvalue weighted by atomic mass is 16.5. The van der Waals surface area contributed by atoms with E-state index in [1.807, 2.05) is 0 Å². The highest BCUT2D eigenvalue weighted by Crippen LogP contribution is 2.20. The van der Waals surface area contributed by atoms with E-state index >= 15 is 0 Å². The van der Waals surface area contributed by atoms with Crippen LogP contribution in [0, 0.1) is 11.5 Å². The fraction of sp³-hybridized carbons (Fsp3) is 0.0385. The Morgan fingerprint density at radius 1 is 0.743 bits per heavy atom. The van der Waals surface area contributed by atoms with E-state index in [0.717, 1.165) is 6.29 Å². The van der Waals surface area contributed by atoms with Crippen molar-refractivity contribution in [2.75, 3.05) is 0 Å². The number of nitrogens with zero attached hydrogens (tertiary/aromatic N) is 3. The molecular weight excluding hydrogens is 450 g/mol. The van der Waals surface area contributed by atoms with E-state index in [1.54, 1.807) is 86.0 Å². The van der Waals surface area contributed by atoms with Gasteiger partial charge in [-0.1, -0.05) is 0 Å². The van der Waals surface area contributed by atoms with Gasteiger partial charge < -0.3 is 18.9 Å². The zero-order chi connectivity index (χ0) is 25.0. The Morgan fingerprint density at radius 3 is 1.71 bits per heavy atom. The Morgan fingerprint density at radius 2 is 1.20 bits per heavy atom. The molecule has 0 heterocycles. The highest BCUT2D eigenvalue weighted by molar-refractivity contribution is 5.91. The quantitative estimate of drug-likeness (QED) is 0.150. The van der Waals surface area contributed by atoms with E-state index in [-0.39, 0.29) is 17.8 Å². The minimum atomic E-state index is -0.139. The third-order valence-electron chi connectivity index (χ3n) is 4.20. The first-order valence-electron chi connectivity index (χ1n) is 10.1. The molecule has 0 saturated carbocycles. The zero-order valence-electron chi connectivity index (χ0n) is 18.6. The molecule has 0 fully saturated rings. The molecule has 0 bridgehead atoms. The first-order chi connectivity index (χ1) is 17.0. The SMILES string of the molecule is C=C(/N=C(\N=C(/C)Oc1ccc(C=O)cc1)Oc1ccc(C=O)cc1)Oc1ccc(OC#N)cc1. The molecule has 0 radical (unpaired) electrons. The van der Waals surface area contributed by atoms with E-state index < -0.39 is 0 Å². The summed E-state index contributed by atoms with van der Waals surface area (Å²) in [6.07, 6.45) is 3.03. The van der Waals surface area contributed by atoms with Crippen molar-refractivity contribution in [1.29, 1.82) is 5.26 Å². The Bertz CT molecular complexity index is 1290. The van der Waals surface area contributed by atoms with Crippen molar-refractivity contribution in [1.82, 2.24) is 0 Å². The van der Waals surface area contributed by atoms with E-state index in [4.69, 9.17) is 24.2 Å². The number of carbonyl (C=O) groups excluding carboxylic acids is 2. The molecule has 9 heteroatoms. The lowest BCUT2D eigenvalue weighted by Crippen LogP contribution is -2.13. The van der Waals surface area contributed by atoms with Gasteiger partial charge in [-0.05, 0) is 79.4 Å². The average Bonchev–Trinajstić information content (AvgIpc) is 2.86. The summed E-state index contributed by atoms with van der Waals surface area (Å²) >= 11 is 0. The summed E-state index contributed by atoms with van der Waals surface area (Å²) in [5.41, 5.74) is 0.992. The summed E-state index contributed by atoms with van der Waals surface area (Å²) in [6, 6.07) is 18.9. The first-order valence-corrected chi connectivity index (χ1v) is 10.1. The molecule has 0 aliphatic carbocycles. The molecule has 0 unspecified atom stereocenters. The zero-order valence-corrected chi connectivity index (χ0v) is 18.6. The van der Waals surface area contributed by atoms with Gasteiger partial charge in [-0.2, -0.15) is 9.98 Å². The van der Waals surface area contributed by atoms with Crippen LogP contribution in [0.25, 0.3) is 0 Å². The van der Waals surface area contributed by atoms with Crippen molar-refractivity contribution >= 4 is 24.5 Å². The molecule has 0 aliphatic rings. The van der Waals surface area contributed by atoms with Gasteiger partial charge in [0.25, 0.3) is 6.26 Å². The lowest BCUT2D eigenvalue weighted by Gasteiger charge is -2.09. The predicted octanol–water partition coefficient (Wildman–Crippen LogP) is 4.95. The van der Waals surface area contributed by atoms with Crippen molar-refractivity contribution in [2.24, 2.45) is 9.98 Å². The molecule has 3 rings (SSSR count). The molecule has 0 spiro atoms. The standard InChI is InChI=1S/C26H19N3O6/c1-18(33-23-7-3-20(15-30)4-8-23)28-26(35-25-9-5-21(16-31)6-10-25)29-19(2)34-24-13-11-22(12-14-24)32-17-27/h3-16H,2H2,1H3/b28-18+,29-26+. The van der Waals surface area contributed by atoms with Gasteiger partial charge >= 0.3 is 6.02 Å². The van der Waals surface area contributed by atoms with Crippen LogP contribution in [0.15, 0.2) is 95.2 Å². The Kier molecular flexibility index (Phi) is 8.46. The normalized spacial score (nSPS) is 11.1. The number of aliphatic imine (C=N–C) groups is 2. The fourth-order valence-corrected chi connectivity index (χ4v) is 2.63. The summed E-state index contributed by atoms with van der Waals surface area (Å²) < 4.78 is 21.7. The molecule has 174 valence electrons. The number of carbonyl (C=O) groups is 2. The molecule has 0 amide bonds. The smallest absolute Gasteiger partial charge is 0.328 e. The van der Waals surface area contributed by atoms with Crippen molar-refractivity contribution in [3.8, 4) is 29.3 Å². The number of hydrogen-bond donors (Lipinski definition) is 0. The number of nitriles is 1. The molecular formula is C26H19N3O6. The van der Waals surface area contributed by atoms with Crippen LogP contribution < -0.4 is 18.9 Å². The molecule has 35 heavy (non-hydrogen) atoms. The Balaban J connectivity index is 1.80. The van der Waals surface area contributed by atoms with E-state index in [1.165, 1.54) is 0 Å². The largest absolute Gasteiger partial charge is 0.443 e. The number of rotatable bonds is 8. The van der Waals surface area contributed by atoms with Crippen LogP contribution in [0.5, 0.6) is 23.0 Å². The number of benzene rings is 3. The number of amidine groups is 1. The van der Waals surface area contributed by atoms with Crippen molar-refractivity contribution in [3.63, 3.8) is 0 Å². The molecule has 0 aliphatic heterocycles. The van der Waals surface area contributed by atoms with Crippen LogP contribution in [0.2, 0.25) is 0 Å². The lowest BCUT2D eigenvalue weighted by atomic mass is 10.2. The molecule has 0 N–H and O–H groups in total. The van der Waals surface area contributed by atoms with Gasteiger partial charge in [-0.3, -0.25) is 9.59 Å². The summed E-state index contributed by atoms with van der Waals surface area (Å²) in [6.45, 7) is 5.36. The minimum absolute atomic E-state index is 0.0367.